The first-order chi connectivity index (χ1) is 8.27. The van der Waals surface area contributed by atoms with E-state index < -0.39 is 0 Å². The third-order valence-corrected chi connectivity index (χ3v) is 3.40. The molecule has 0 atom stereocenters. The summed E-state index contributed by atoms with van der Waals surface area (Å²) in [5.74, 6) is 0.256. The number of aliphatic hydroxyl groups is 1. The summed E-state index contributed by atoms with van der Waals surface area (Å²) in [7, 11) is 0. The van der Waals surface area contributed by atoms with Gasteiger partial charge in [-0.3, -0.25) is 9.69 Å². The lowest BCUT2D eigenvalue weighted by Gasteiger charge is -2.25. The van der Waals surface area contributed by atoms with Crippen molar-refractivity contribution in [2.45, 2.75) is 39.0 Å². The highest BCUT2D eigenvalue weighted by Crippen LogP contribution is 2.10. The number of hydrogen-bond donors (Lipinski definition) is 1. The first kappa shape index (κ1) is 14.5. The molecule has 17 heavy (non-hydrogen) atoms. The van der Waals surface area contributed by atoms with Gasteiger partial charge in [-0.25, -0.2) is 0 Å². The van der Waals surface area contributed by atoms with Gasteiger partial charge >= 0.3 is 0 Å². The fourth-order valence-corrected chi connectivity index (χ4v) is 2.25. The van der Waals surface area contributed by atoms with E-state index in [0.29, 0.717) is 6.54 Å². The standard InChI is InChI=1S/C13H26N2O2/c1-2-14(8-7-11-16)12-13(17)15-9-5-3-4-6-10-15/h16H,2-12H2,1H3. The topological polar surface area (TPSA) is 43.8 Å². The molecule has 1 saturated heterocycles. The van der Waals surface area contributed by atoms with Crippen LogP contribution in [0.25, 0.3) is 0 Å². The van der Waals surface area contributed by atoms with Gasteiger partial charge in [0.1, 0.15) is 0 Å². The Morgan fingerprint density at radius 1 is 1.24 bits per heavy atom. The van der Waals surface area contributed by atoms with Crippen LogP contribution in [0.4, 0.5) is 0 Å². The molecule has 0 aliphatic carbocycles. The Morgan fingerprint density at radius 2 is 1.88 bits per heavy atom. The predicted molar refractivity (Wildman–Crippen MR) is 68.9 cm³/mol. The summed E-state index contributed by atoms with van der Waals surface area (Å²) in [6.45, 7) is 6.32. The molecule has 0 aromatic heterocycles. The van der Waals surface area contributed by atoms with Gasteiger partial charge in [0, 0.05) is 26.2 Å². The molecule has 0 aromatic carbocycles. The van der Waals surface area contributed by atoms with Crippen molar-refractivity contribution in [1.29, 1.82) is 0 Å². The molecule has 1 heterocycles. The van der Waals surface area contributed by atoms with E-state index in [9.17, 15) is 4.79 Å². The highest BCUT2D eigenvalue weighted by atomic mass is 16.3. The zero-order valence-electron chi connectivity index (χ0n) is 11.0. The van der Waals surface area contributed by atoms with Crippen LogP contribution in [-0.2, 0) is 4.79 Å². The number of likely N-dealkylation sites (N-methyl/N-ethyl adjacent to an activating group) is 1. The SMILES string of the molecule is CCN(CCCO)CC(=O)N1CCCCCC1. The minimum atomic E-state index is 0.203. The van der Waals surface area contributed by atoms with Gasteiger partial charge in [0.15, 0.2) is 0 Å². The molecule has 0 bridgehead atoms. The van der Waals surface area contributed by atoms with Crippen molar-refractivity contribution in [2.24, 2.45) is 0 Å². The van der Waals surface area contributed by atoms with Crippen molar-refractivity contribution in [3.63, 3.8) is 0 Å². The third-order valence-electron chi connectivity index (χ3n) is 3.40. The van der Waals surface area contributed by atoms with Gasteiger partial charge in [0.2, 0.25) is 5.91 Å². The maximum Gasteiger partial charge on any atom is 0.236 e. The highest BCUT2D eigenvalue weighted by Gasteiger charge is 2.17. The zero-order chi connectivity index (χ0) is 12.5. The van der Waals surface area contributed by atoms with Crippen LogP contribution in [-0.4, -0.2) is 60.1 Å². The van der Waals surface area contributed by atoms with E-state index in [-0.39, 0.29) is 12.5 Å². The number of rotatable bonds is 6. The Kier molecular flexibility index (Phi) is 7.21. The number of carbonyl (C=O) groups is 1. The number of likely N-dealkylation sites (tertiary alicyclic amines) is 1. The molecule has 0 spiro atoms. The summed E-state index contributed by atoms with van der Waals surface area (Å²) in [5.41, 5.74) is 0. The molecule has 0 saturated carbocycles. The first-order valence-corrected chi connectivity index (χ1v) is 6.89. The summed E-state index contributed by atoms with van der Waals surface area (Å²) < 4.78 is 0. The third kappa shape index (κ3) is 5.50. The molecule has 4 nitrogen and oxygen atoms in total. The fourth-order valence-electron chi connectivity index (χ4n) is 2.25. The highest BCUT2D eigenvalue weighted by molar-refractivity contribution is 5.78. The largest absolute Gasteiger partial charge is 0.396 e. The molecule has 1 amide bonds. The first-order valence-electron chi connectivity index (χ1n) is 6.89. The quantitative estimate of drug-likeness (QED) is 0.758. The Morgan fingerprint density at radius 3 is 2.41 bits per heavy atom. The molecule has 1 aliphatic heterocycles. The van der Waals surface area contributed by atoms with Gasteiger partial charge in [0.05, 0.1) is 6.54 Å². The second-order valence-electron chi connectivity index (χ2n) is 4.74. The van der Waals surface area contributed by atoms with Gasteiger partial charge in [-0.05, 0) is 25.8 Å². The number of aliphatic hydroxyl groups excluding tert-OH is 1. The molecule has 1 N–H and O–H groups in total. The normalized spacial score (nSPS) is 17.2. The lowest BCUT2D eigenvalue weighted by atomic mass is 10.2. The molecule has 0 unspecified atom stereocenters. The molecule has 0 radical (unpaired) electrons. The molecule has 0 aromatic rings. The van der Waals surface area contributed by atoms with Crippen LogP contribution in [0.2, 0.25) is 0 Å². The monoisotopic (exact) mass is 242 g/mol. The van der Waals surface area contributed by atoms with Crippen LogP contribution >= 0.6 is 0 Å². The van der Waals surface area contributed by atoms with Crippen LogP contribution < -0.4 is 0 Å². The molecule has 1 rings (SSSR count). The van der Waals surface area contributed by atoms with Gasteiger partial charge in [-0.2, -0.15) is 0 Å². The van der Waals surface area contributed by atoms with Gasteiger partial charge in [0.25, 0.3) is 0 Å². The summed E-state index contributed by atoms with van der Waals surface area (Å²) in [6, 6.07) is 0. The van der Waals surface area contributed by atoms with Crippen LogP contribution in [0.1, 0.15) is 39.0 Å². The summed E-state index contributed by atoms with van der Waals surface area (Å²) in [6.07, 6.45) is 5.56. The molecule has 1 fully saturated rings. The van der Waals surface area contributed by atoms with Gasteiger partial charge in [-0.1, -0.05) is 19.8 Å². The lowest BCUT2D eigenvalue weighted by Crippen LogP contribution is -2.41. The number of amides is 1. The van der Waals surface area contributed by atoms with E-state index >= 15 is 0 Å². The minimum Gasteiger partial charge on any atom is -0.396 e. The summed E-state index contributed by atoms with van der Waals surface area (Å²) in [5, 5.41) is 8.81. The van der Waals surface area contributed by atoms with Crippen molar-refractivity contribution < 1.29 is 9.90 Å². The second-order valence-corrected chi connectivity index (χ2v) is 4.74. The molecular formula is C13H26N2O2. The van der Waals surface area contributed by atoms with Crippen molar-refractivity contribution in [1.82, 2.24) is 9.80 Å². The maximum absolute atomic E-state index is 12.1. The van der Waals surface area contributed by atoms with Gasteiger partial charge in [-0.15, -0.1) is 0 Å². The van der Waals surface area contributed by atoms with Crippen molar-refractivity contribution >= 4 is 5.91 Å². The van der Waals surface area contributed by atoms with E-state index in [1.165, 1.54) is 12.8 Å². The average Bonchev–Trinajstić information content (AvgIpc) is 2.63. The van der Waals surface area contributed by atoms with Crippen molar-refractivity contribution in [3.8, 4) is 0 Å². The number of nitrogens with zero attached hydrogens (tertiary/aromatic N) is 2. The second kappa shape index (κ2) is 8.48. The van der Waals surface area contributed by atoms with Crippen LogP contribution in [0.5, 0.6) is 0 Å². The van der Waals surface area contributed by atoms with E-state index in [0.717, 1.165) is 45.4 Å². The van der Waals surface area contributed by atoms with Crippen LogP contribution in [0.3, 0.4) is 0 Å². The molecular weight excluding hydrogens is 216 g/mol. The Bertz CT molecular complexity index is 213. The van der Waals surface area contributed by atoms with E-state index in [4.69, 9.17) is 5.11 Å². The molecule has 100 valence electrons. The van der Waals surface area contributed by atoms with Crippen LogP contribution in [0, 0.1) is 0 Å². The van der Waals surface area contributed by atoms with Crippen molar-refractivity contribution in [3.05, 3.63) is 0 Å². The Hall–Kier alpha value is -0.610. The smallest absolute Gasteiger partial charge is 0.236 e. The molecule has 4 heteroatoms. The predicted octanol–water partition coefficient (Wildman–Crippen LogP) is 1.09. The fraction of sp³-hybridized carbons (Fsp3) is 0.923. The van der Waals surface area contributed by atoms with E-state index in [1.807, 2.05) is 4.90 Å². The van der Waals surface area contributed by atoms with Crippen LogP contribution in [0.15, 0.2) is 0 Å². The average molecular weight is 242 g/mol. The maximum atomic E-state index is 12.1. The minimum absolute atomic E-state index is 0.203. The van der Waals surface area contributed by atoms with Crippen molar-refractivity contribution in [2.75, 3.05) is 39.3 Å². The Labute approximate surface area is 105 Å². The number of hydrogen-bond acceptors (Lipinski definition) is 3. The lowest BCUT2D eigenvalue weighted by molar-refractivity contribution is -0.132. The van der Waals surface area contributed by atoms with E-state index in [2.05, 4.69) is 11.8 Å². The molecule has 1 aliphatic rings. The Balaban J connectivity index is 2.34. The van der Waals surface area contributed by atoms with Gasteiger partial charge < -0.3 is 10.0 Å². The zero-order valence-corrected chi connectivity index (χ0v) is 11.0. The summed E-state index contributed by atoms with van der Waals surface area (Å²) in [4.78, 5) is 16.2. The van der Waals surface area contributed by atoms with E-state index in [1.54, 1.807) is 0 Å². The number of carbonyl (C=O) groups excluding carboxylic acids is 1. The summed E-state index contributed by atoms with van der Waals surface area (Å²) >= 11 is 0.